The van der Waals surface area contributed by atoms with Gasteiger partial charge in [0.25, 0.3) is 5.91 Å². The third kappa shape index (κ3) is 4.86. The number of carbonyl (C=O) groups is 3. The van der Waals surface area contributed by atoms with E-state index in [9.17, 15) is 14.4 Å². The van der Waals surface area contributed by atoms with Gasteiger partial charge in [0.15, 0.2) is 0 Å². The van der Waals surface area contributed by atoms with Gasteiger partial charge in [0.2, 0.25) is 5.91 Å². The Kier molecular flexibility index (Phi) is 6.45. The molecule has 3 rings (SSSR count). The summed E-state index contributed by atoms with van der Waals surface area (Å²) in [5.41, 5.74) is 1.27. The highest BCUT2D eigenvalue weighted by Crippen LogP contribution is 2.21. The number of nitrogens with zero attached hydrogens (tertiary/aromatic N) is 1. The molecular formula is C20H27N3O4. The van der Waals surface area contributed by atoms with Crippen LogP contribution < -0.4 is 10.6 Å². The van der Waals surface area contributed by atoms with E-state index in [0.29, 0.717) is 43.8 Å². The van der Waals surface area contributed by atoms with Crippen LogP contribution >= 0.6 is 0 Å². The van der Waals surface area contributed by atoms with Crippen molar-refractivity contribution in [1.29, 1.82) is 0 Å². The maximum Gasteiger partial charge on any atom is 0.309 e. The summed E-state index contributed by atoms with van der Waals surface area (Å²) in [5, 5.41) is 6.04. The van der Waals surface area contributed by atoms with Crippen LogP contribution in [-0.4, -0.2) is 55.0 Å². The van der Waals surface area contributed by atoms with Crippen LogP contribution in [0, 0.1) is 5.92 Å². The highest BCUT2D eigenvalue weighted by molar-refractivity contribution is 5.97. The molecular weight excluding hydrogens is 346 g/mol. The molecule has 0 radical (unpaired) electrons. The van der Waals surface area contributed by atoms with Gasteiger partial charge in [0.1, 0.15) is 0 Å². The van der Waals surface area contributed by atoms with Crippen molar-refractivity contribution in [3.05, 3.63) is 29.8 Å². The fourth-order valence-electron chi connectivity index (χ4n) is 3.59. The highest BCUT2D eigenvalue weighted by Gasteiger charge is 2.28. The predicted octanol–water partition coefficient (Wildman–Crippen LogP) is 1.79. The number of piperidine rings is 1. The number of amides is 2. The number of anilines is 1. The first kappa shape index (κ1) is 19.4. The Balaban J connectivity index is 1.52. The lowest BCUT2D eigenvalue weighted by Crippen LogP contribution is -2.40. The zero-order valence-corrected chi connectivity index (χ0v) is 15.7. The molecule has 0 bridgehead atoms. The van der Waals surface area contributed by atoms with Crippen molar-refractivity contribution < 1.29 is 19.1 Å². The predicted molar refractivity (Wildman–Crippen MR) is 101 cm³/mol. The normalized spacial score (nSPS) is 20.3. The van der Waals surface area contributed by atoms with Gasteiger partial charge in [0.05, 0.1) is 18.6 Å². The van der Waals surface area contributed by atoms with Crippen LogP contribution in [0.2, 0.25) is 0 Å². The molecule has 2 amide bonds. The molecule has 146 valence electrons. The minimum atomic E-state index is -0.165. The summed E-state index contributed by atoms with van der Waals surface area (Å²) >= 11 is 0. The quantitative estimate of drug-likeness (QED) is 0.769. The van der Waals surface area contributed by atoms with E-state index in [1.165, 1.54) is 0 Å². The second-order valence-electron chi connectivity index (χ2n) is 7.03. The van der Waals surface area contributed by atoms with Gasteiger partial charge in [-0.1, -0.05) is 0 Å². The van der Waals surface area contributed by atoms with Crippen molar-refractivity contribution in [2.75, 3.05) is 31.6 Å². The smallest absolute Gasteiger partial charge is 0.309 e. The molecule has 1 aromatic carbocycles. The number of hydrogen-bond acceptors (Lipinski definition) is 5. The lowest BCUT2D eigenvalue weighted by molar-refractivity contribution is -0.149. The average Bonchev–Trinajstić information content (AvgIpc) is 3.23. The van der Waals surface area contributed by atoms with E-state index in [0.717, 1.165) is 19.4 Å². The van der Waals surface area contributed by atoms with Crippen molar-refractivity contribution in [1.82, 2.24) is 10.2 Å². The standard InChI is InChI=1S/C20H27N3O4/c1-2-27-20(26)15-9-12-23(13-10-15)19(25)14-5-7-16(8-6-14)22-18(24)17-4-3-11-21-17/h5-8,15,17,21H,2-4,9-13H2,1H3,(H,22,24). The second-order valence-corrected chi connectivity index (χ2v) is 7.03. The summed E-state index contributed by atoms with van der Waals surface area (Å²) in [4.78, 5) is 38.4. The molecule has 0 saturated carbocycles. The van der Waals surface area contributed by atoms with Gasteiger partial charge >= 0.3 is 5.97 Å². The Hall–Kier alpha value is -2.41. The molecule has 7 heteroatoms. The summed E-state index contributed by atoms with van der Waals surface area (Å²) in [7, 11) is 0. The van der Waals surface area contributed by atoms with Gasteiger partial charge in [0, 0.05) is 24.3 Å². The zero-order valence-electron chi connectivity index (χ0n) is 15.7. The number of hydrogen-bond donors (Lipinski definition) is 2. The van der Waals surface area contributed by atoms with Gasteiger partial charge in [-0.05, 0) is 63.4 Å². The van der Waals surface area contributed by atoms with Crippen LogP contribution in [0.25, 0.3) is 0 Å². The zero-order chi connectivity index (χ0) is 19.2. The number of carbonyl (C=O) groups excluding carboxylic acids is 3. The average molecular weight is 373 g/mol. The summed E-state index contributed by atoms with van der Waals surface area (Å²) in [6, 6.07) is 6.85. The lowest BCUT2D eigenvalue weighted by Gasteiger charge is -2.31. The maximum atomic E-state index is 12.7. The van der Waals surface area contributed by atoms with Crippen LogP contribution in [0.1, 0.15) is 43.0 Å². The van der Waals surface area contributed by atoms with Gasteiger partial charge in [-0.15, -0.1) is 0 Å². The largest absolute Gasteiger partial charge is 0.466 e. The Bertz CT molecular complexity index is 675. The summed E-state index contributed by atoms with van der Waals surface area (Å²) < 4.78 is 5.06. The van der Waals surface area contributed by atoms with Crippen LogP contribution in [0.4, 0.5) is 5.69 Å². The molecule has 1 unspecified atom stereocenters. The molecule has 0 aliphatic carbocycles. The minimum Gasteiger partial charge on any atom is -0.466 e. The molecule has 2 heterocycles. The third-order valence-electron chi connectivity index (χ3n) is 5.18. The SMILES string of the molecule is CCOC(=O)C1CCN(C(=O)c2ccc(NC(=O)C3CCCN3)cc2)CC1. The summed E-state index contributed by atoms with van der Waals surface area (Å²) in [6.45, 7) is 4.16. The highest BCUT2D eigenvalue weighted by atomic mass is 16.5. The van der Waals surface area contributed by atoms with Crippen molar-refractivity contribution in [2.45, 2.75) is 38.6 Å². The van der Waals surface area contributed by atoms with Crippen molar-refractivity contribution >= 4 is 23.5 Å². The third-order valence-corrected chi connectivity index (χ3v) is 5.18. The maximum absolute atomic E-state index is 12.7. The molecule has 27 heavy (non-hydrogen) atoms. The molecule has 2 aliphatic rings. The first-order valence-electron chi connectivity index (χ1n) is 9.68. The van der Waals surface area contributed by atoms with Gasteiger partial charge in [-0.2, -0.15) is 0 Å². The van der Waals surface area contributed by atoms with E-state index in [4.69, 9.17) is 4.74 Å². The van der Waals surface area contributed by atoms with E-state index in [-0.39, 0.29) is 29.7 Å². The van der Waals surface area contributed by atoms with Crippen LogP contribution in [0.15, 0.2) is 24.3 Å². The number of esters is 1. The van der Waals surface area contributed by atoms with E-state index in [1.54, 1.807) is 36.1 Å². The van der Waals surface area contributed by atoms with E-state index in [1.807, 2.05) is 0 Å². The Morgan fingerprint density at radius 3 is 2.44 bits per heavy atom. The van der Waals surface area contributed by atoms with E-state index < -0.39 is 0 Å². The molecule has 0 spiro atoms. The number of nitrogens with one attached hydrogen (secondary N) is 2. The van der Waals surface area contributed by atoms with Gasteiger partial charge in [-0.25, -0.2) is 0 Å². The van der Waals surface area contributed by atoms with Crippen LogP contribution in [0.5, 0.6) is 0 Å². The number of benzene rings is 1. The van der Waals surface area contributed by atoms with Gasteiger partial charge in [-0.3, -0.25) is 14.4 Å². The molecule has 1 aromatic rings. The minimum absolute atomic E-state index is 0.0346. The number of likely N-dealkylation sites (tertiary alicyclic amines) is 1. The molecule has 2 fully saturated rings. The Morgan fingerprint density at radius 2 is 1.85 bits per heavy atom. The van der Waals surface area contributed by atoms with Crippen molar-refractivity contribution in [2.24, 2.45) is 5.92 Å². The summed E-state index contributed by atoms with van der Waals surface area (Å²) in [5.74, 6) is -0.363. The molecule has 2 N–H and O–H groups in total. The van der Waals surface area contributed by atoms with Crippen molar-refractivity contribution in [3.63, 3.8) is 0 Å². The molecule has 7 nitrogen and oxygen atoms in total. The van der Waals surface area contributed by atoms with Gasteiger partial charge < -0.3 is 20.3 Å². The Labute approximate surface area is 159 Å². The Morgan fingerprint density at radius 1 is 1.15 bits per heavy atom. The second kappa shape index (κ2) is 8.99. The molecule has 1 atom stereocenters. The first-order chi connectivity index (χ1) is 13.1. The molecule has 2 aliphatic heterocycles. The summed E-state index contributed by atoms with van der Waals surface area (Å²) in [6.07, 6.45) is 3.13. The topological polar surface area (TPSA) is 87.7 Å². The van der Waals surface area contributed by atoms with Crippen LogP contribution in [-0.2, 0) is 14.3 Å². The van der Waals surface area contributed by atoms with E-state index >= 15 is 0 Å². The fourth-order valence-corrected chi connectivity index (χ4v) is 3.59. The first-order valence-corrected chi connectivity index (χ1v) is 9.68. The fraction of sp³-hybridized carbons (Fsp3) is 0.550. The number of rotatable bonds is 5. The molecule has 2 saturated heterocycles. The molecule has 0 aromatic heterocycles. The number of ether oxygens (including phenoxy) is 1. The van der Waals surface area contributed by atoms with Crippen molar-refractivity contribution in [3.8, 4) is 0 Å². The van der Waals surface area contributed by atoms with E-state index in [2.05, 4.69) is 10.6 Å². The van der Waals surface area contributed by atoms with Crippen LogP contribution in [0.3, 0.4) is 0 Å². The lowest BCUT2D eigenvalue weighted by atomic mass is 9.96. The monoisotopic (exact) mass is 373 g/mol.